The molecule has 1 unspecified atom stereocenters. The van der Waals surface area contributed by atoms with Crippen LogP contribution in [0.3, 0.4) is 0 Å². The van der Waals surface area contributed by atoms with Gasteiger partial charge in [0, 0.05) is 10.6 Å². The molecule has 0 saturated carbocycles. The van der Waals surface area contributed by atoms with Crippen LogP contribution < -0.4 is 5.32 Å². The Morgan fingerprint density at radius 2 is 1.95 bits per heavy atom. The molecule has 0 aromatic heterocycles. The third-order valence-electron chi connectivity index (χ3n) is 3.14. The summed E-state index contributed by atoms with van der Waals surface area (Å²) in [5.41, 5.74) is 1.73. The van der Waals surface area contributed by atoms with E-state index in [1.807, 2.05) is 25.1 Å². The van der Waals surface area contributed by atoms with Gasteiger partial charge in [0.05, 0.1) is 6.04 Å². The van der Waals surface area contributed by atoms with Crippen molar-refractivity contribution in [3.05, 3.63) is 70.0 Å². The summed E-state index contributed by atoms with van der Waals surface area (Å²) in [4.78, 5) is 12.1. The fraction of sp³-hybridized carbons (Fsp3) is 0.188. The van der Waals surface area contributed by atoms with Crippen molar-refractivity contribution in [2.75, 3.05) is 0 Å². The van der Waals surface area contributed by atoms with E-state index in [0.717, 1.165) is 5.56 Å². The molecular formula is C16H15ClFNO. The number of rotatable bonds is 3. The lowest BCUT2D eigenvalue weighted by molar-refractivity contribution is 0.0940. The maximum absolute atomic E-state index is 13.2. The number of aryl methyl sites for hydroxylation is 1. The monoisotopic (exact) mass is 291 g/mol. The zero-order valence-electron chi connectivity index (χ0n) is 11.3. The van der Waals surface area contributed by atoms with Crippen molar-refractivity contribution < 1.29 is 9.18 Å². The Morgan fingerprint density at radius 3 is 2.60 bits per heavy atom. The molecule has 0 spiro atoms. The van der Waals surface area contributed by atoms with E-state index in [-0.39, 0.29) is 17.8 Å². The molecule has 2 nitrogen and oxygen atoms in total. The Labute approximate surface area is 122 Å². The Morgan fingerprint density at radius 1 is 1.25 bits per heavy atom. The largest absolute Gasteiger partial charge is 0.345 e. The fourth-order valence-corrected chi connectivity index (χ4v) is 2.27. The third kappa shape index (κ3) is 3.17. The minimum atomic E-state index is -0.319. The van der Waals surface area contributed by atoms with Gasteiger partial charge in [0.25, 0.3) is 5.91 Å². The van der Waals surface area contributed by atoms with Gasteiger partial charge in [0.2, 0.25) is 0 Å². The molecule has 0 aliphatic carbocycles. The zero-order chi connectivity index (χ0) is 14.7. The van der Waals surface area contributed by atoms with Gasteiger partial charge in [-0.3, -0.25) is 4.79 Å². The van der Waals surface area contributed by atoms with Crippen molar-refractivity contribution in [3.63, 3.8) is 0 Å². The summed E-state index contributed by atoms with van der Waals surface area (Å²) in [7, 11) is 0. The summed E-state index contributed by atoms with van der Waals surface area (Å²) in [6, 6.07) is 11.4. The van der Waals surface area contributed by atoms with Crippen molar-refractivity contribution >= 4 is 17.5 Å². The van der Waals surface area contributed by atoms with E-state index in [0.29, 0.717) is 16.1 Å². The quantitative estimate of drug-likeness (QED) is 0.898. The standard InChI is InChI=1S/C16H15ClFNO/c1-10-9-12(7-8-15(10)18)16(20)19-11(2)13-5-3-4-6-14(13)17/h3-9,11H,1-2H3,(H,19,20). The molecule has 1 N–H and O–H groups in total. The molecular weight excluding hydrogens is 277 g/mol. The molecule has 2 rings (SSSR count). The topological polar surface area (TPSA) is 29.1 Å². The van der Waals surface area contributed by atoms with Crippen molar-refractivity contribution in [2.24, 2.45) is 0 Å². The normalized spacial score (nSPS) is 12.0. The van der Waals surface area contributed by atoms with Crippen LogP contribution in [0.2, 0.25) is 5.02 Å². The number of carbonyl (C=O) groups is 1. The number of hydrogen-bond acceptors (Lipinski definition) is 1. The first-order valence-corrected chi connectivity index (χ1v) is 6.68. The maximum Gasteiger partial charge on any atom is 0.251 e. The van der Waals surface area contributed by atoms with Crippen molar-refractivity contribution in [1.82, 2.24) is 5.32 Å². The highest BCUT2D eigenvalue weighted by atomic mass is 35.5. The van der Waals surface area contributed by atoms with E-state index in [9.17, 15) is 9.18 Å². The predicted octanol–water partition coefficient (Wildman–Crippen LogP) is 4.28. The van der Waals surface area contributed by atoms with Crippen LogP contribution in [0.25, 0.3) is 0 Å². The van der Waals surface area contributed by atoms with E-state index >= 15 is 0 Å². The molecule has 0 radical (unpaired) electrons. The molecule has 0 aliphatic heterocycles. The van der Waals surface area contributed by atoms with Crippen LogP contribution in [0.15, 0.2) is 42.5 Å². The Hall–Kier alpha value is -1.87. The number of carbonyl (C=O) groups excluding carboxylic acids is 1. The highest BCUT2D eigenvalue weighted by molar-refractivity contribution is 6.31. The SMILES string of the molecule is Cc1cc(C(=O)NC(C)c2ccccc2Cl)ccc1F. The second-order valence-electron chi connectivity index (χ2n) is 4.68. The molecule has 0 fully saturated rings. The molecule has 104 valence electrons. The van der Waals surface area contributed by atoms with Crippen molar-refractivity contribution in [2.45, 2.75) is 19.9 Å². The highest BCUT2D eigenvalue weighted by Gasteiger charge is 2.14. The number of amides is 1. The molecule has 0 saturated heterocycles. The van der Waals surface area contributed by atoms with Gasteiger partial charge in [0.15, 0.2) is 0 Å². The molecule has 1 atom stereocenters. The molecule has 2 aromatic rings. The number of nitrogens with one attached hydrogen (secondary N) is 1. The molecule has 2 aromatic carbocycles. The van der Waals surface area contributed by atoms with Crippen LogP contribution in [0.1, 0.15) is 34.5 Å². The lowest BCUT2D eigenvalue weighted by atomic mass is 10.1. The lowest BCUT2D eigenvalue weighted by Gasteiger charge is -2.16. The summed E-state index contributed by atoms with van der Waals surface area (Å²) in [5, 5.41) is 3.46. The summed E-state index contributed by atoms with van der Waals surface area (Å²) in [5.74, 6) is -0.568. The van der Waals surface area contributed by atoms with Crippen LogP contribution in [-0.2, 0) is 0 Å². The first-order chi connectivity index (χ1) is 9.49. The van der Waals surface area contributed by atoms with Gasteiger partial charge in [-0.25, -0.2) is 4.39 Å². The lowest BCUT2D eigenvalue weighted by Crippen LogP contribution is -2.26. The number of hydrogen-bond donors (Lipinski definition) is 1. The van der Waals surface area contributed by atoms with Crippen LogP contribution in [0.5, 0.6) is 0 Å². The second-order valence-corrected chi connectivity index (χ2v) is 5.09. The molecule has 20 heavy (non-hydrogen) atoms. The summed E-state index contributed by atoms with van der Waals surface area (Å²) >= 11 is 6.09. The van der Waals surface area contributed by atoms with E-state index in [4.69, 9.17) is 11.6 Å². The van der Waals surface area contributed by atoms with Crippen molar-refractivity contribution in [1.29, 1.82) is 0 Å². The fourth-order valence-electron chi connectivity index (χ4n) is 1.97. The van der Waals surface area contributed by atoms with Gasteiger partial charge in [-0.1, -0.05) is 29.8 Å². The minimum absolute atomic E-state index is 0.221. The number of halogens is 2. The summed E-state index contributed by atoms with van der Waals surface area (Å²) in [6.45, 7) is 3.49. The van der Waals surface area contributed by atoms with Crippen LogP contribution in [-0.4, -0.2) is 5.91 Å². The molecule has 0 aliphatic rings. The van der Waals surface area contributed by atoms with Gasteiger partial charge in [-0.15, -0.1) is 0 Å². The molecule has 4 heteroatoms. The summed E-state index contributed by atoms with van der Waals surface area (Å²) < 4.78 is 13.2. The Bertz CT molecular complexity index is 642. The van der Waals surface area contributed by atoms with Crippen LogP contribution in [0.4, 0.5) is 4.39 Å². The molecule has 0 bridgehead atoms. The first kappa shape index (κ1) is 14.5. The van der Waals surface area contributed by atoms with Crippen molar-refractivity contribution in [3.8, 4) is 0 Å². The van der Waals surface area contributed by atoms with E-state index in [1.165, 1.54) is 18.2 Å². The Balaban J connectivity index is 2.15. The number of benzene rings is 2. The maximum atomic E-state index is 13.2. The zero-order valence-corrected chi connectivity index (χ0v) is 12.0. The van der Waals surface area contributed by atoms with Gasteiger partial charge in [-0.05, 0) is 49.2 Å². The second kappa shape index (κ2) is 6.06. The minimum Gasteiger partial charge on any atom is -0.345 e. The highest BCUT2D eigenvalue weighted by Crippen LogP contribution is 2.22. The van der Waals surface area contributed by atoms with Gasteiger partial charge in [-0.2, -0.15) is 0 Å². The van der Waals surface area contributed by atoms with E-state index in [2.05, 4.69) is 5.32 Å². The molecule has 1 amide bonds. The van der Waals surface area contributed by atoms with Crippen LogP contribution in [0, 0.1) is 12.7 Å². The van der Waals surface area contributed by atoms with Gasteiger partial charge in [0.1, 0.15) is 5.82 Å². The smallest absolute Gasteiger partial charge is 0.251 e. The average Bonchev–Trinajstić information content (AvgIpc) is 2.42. The van der Waals surface area contributed by atoms with Crippen LogP contribution >= 0.6 is 11.6 Å². The average molecular weight is 292 g/mol. The van der Waals surface area contributed by atoms with E-state index in [1.54, 1.807) is 13.0 Å². The first-order valence-electron chi connectivity index (χ1n) is 6.30. The summed E-state index contributed by atoms with van der Waals surface area (Å²) in [6.07, 6.45) is 0. The van der Waals surface area contributed by atoms with Gasteiger partial charge < -0.3 is 5.32 Å². The Kier molecular flexibility index (Phi) is 4.40. The van der Waals surface area contributed by atoms with Gasteiger partial charge >= 0.3 is 0 Å². The third-order valence-corrected chi connectivity index (χ3v) is 3.48. The molecule has 0 heterocycles. The predicted molar refractivity (Wildman–Crippen MR) is 78.5 cm³/mol. The van der Waals surface area contributed by atoms with E-state index < -0.39 is 0 Å².